The van der Waals surface area contributed by atoms with Gasteiger partial charge in [-0.25, -0.2) is 0 Å². The van der Waals surface area contributed by atoms with Gasteiger partial charge in [-0.1, -0.05) is 111 Å². The van der Waals surface area contributed by atoms with E-state index in [-0.39, 0.29) is 15.8 Å². The first-order valence-electron chi connectivity index (χ1n) is 10.9. The molecule has 1 aliphatic heterocycles. The third-order valence-corrected chi connectivity index (χ3v) is 14.9. The van der Waals surface area contributed by atoms with E-state index in [0.29, 0.717) is 20.6 Å². The van der Waals surface area contributed by atoms with Crippen molar-refractivity contribution in [3.05, 3.63) is 24.3 Å². The largest absolute Gasteiger partial charge is 0.375 e. The minimum atomic E-state index is -0.151. The molecule has 1 heterocycles. The van der Waals surface area contributed by atoms with E-state index in [1.165, 1.54) is 23.9 Å². The van der Waals surface area contributed by atoms with E-state index in [2.05, 4.69) is 116 Å². The lowest BCUT2D eigenvalue weighted by Crippen LogP contribution is -2.41. The van der Waals surface area contributed by atoms with Crippen LogP contribution in [-0.2, 0) is 0 Å². The van der Waals surface area contributed by atoms with Gasteiger partial charge in [-0.2, -0.15) is 0 Å². The van der Waals surface area contributed by atoms with E-state index in [9.17, 15) is 0 Å². The molecule has 2 nitrogen and oxygen atoms in total. The van der Waals surface area contributed by atoms with Gasteiger partial charge < -0.3 is 9.13 Å². The summed E-state index contributed by atoms with van der Waals surface area (Å²) in [7, 11) is 0.427. The van der Waals surface area contributed by atoms with Crippen molar-refractivity contribution < 1.29 is 0 Å². The lowest BCUT2D eigenvalue weighted by atomic mass is 10.2. The molecule has 0 N–H and O–H groups in total. The van der Waals surface area contributed by atoms with Gasteiger partial charge in [0.15, 0.2) is 0 Å². The Balaban J connectivity index is 2.34. The average molecular weight is 451 g/mol. The molecule has 0 saturated heterocycles. The molecule has 0 aliphatic carbocycles. The minimum absolute atomic E-state index is 0.151. The van der Waals surface area contributed by atoms with Gasteiger partial charge in [-0.15, -0.1) is 0 Å². The highest BCUT2D eigenvalue weighted by Crippen LogP contribution is 2.62. The molecule has 29 heavy (non-hydrogen) atoms. The molecular formula is C24H44N2P2Si. The highest BCUT2D eigenvalue weighted by molar-refractivity contribution is 7.61. The summed E-state index contributed by atoms with van der Waals surface area (Å²) in [5.41, 5.74) is 2.90. The third kappa shape index (κ3) is 6.21. The molecule has 0 saturated carbocycles. The molecule has 0 atom stereocenters. The number of para-hydroxylation sites is 2. The Hall–Kier alpha value is -0.103. The lowest BCUT2D eigenvalue weighted by molar-refractivity contribution is 0.704. The van der Waals surface area contributed by atoms with Crippen LogP contribution >= 0.6 is 15.8 Å². The predicted octanol–water partition coefficient (Wildman–Crippen LogP) is 7.92. The Kier molecular flexibility index (Phi) is 7.32. The number of benzene rings is 1. The molecule has 164 valence electrons. The second-order valence-corrected chi connectivity index (χ2v) is 21.2. The molecule has 0 unspecified atom stereocenters. The van der Waals surface area contributed by atoms with E-state index >= 15 is 0 Å². The van der Waals surface area contributed by atoms with Crippen LogP contribution in [-0.4, -0.2) is 43.0 Å². The fraction of sp³-hybridized carbons (Fsp3) is 0.750. The predicted molar refractivity (Wildman–Crippen MR) is 140 cm³/mol. The van der Waals surface area contributed by atoms with E-state index in [1.807, 2.05) is 0 Å². The quantitative estimate of drug-likeness (QED) is 0.339. The molecule has 0 amide bonds. The van der Waals surface area contributed by atoms with Crippen molar-refractivity contribution in [3.8, 4) is 0 Å². The fourth-order valence-electron chi connectivity index (χ4n) is 4.53. The molecule has 0 bridgehead atoms. The van der Waals surface area contributed by atoms with E-state index in [0.717, 1.165) is 9.84 Å². The normalized spacial score (nSPS) is 16.2. The molecule has 2 rings (SSSR count). The topological polar surface area (TPSA) is 6.48 Å². The first kappa shape index (κ1) is 25.2. The van der Waals surface area contributed by atoms with Gasteiger partial charge in [-0.3, -0.25) is 0 Å². The van der Waals surface area contributed by atoms with Gasteiger partial charge >= 0.3 is 9.84 Å². The van der Waals surface area contributed by atoms with Crippen LogP contribution in [0.15, 0.2) is 24.3 Å². The molecular weight excluding hydrogens is 406 g/mol. The summed E-state index contributed by atoms with van der Waals surface area (Å²) >= 11 is 0. The number of rotatable bonds is 4. The van der Waals surface area contributed by atoms with Crippen molar-refractivity contribution in [2.45, 2.75) is 104 Å². The minimum Gasteiger partial charge on any atom is -0.375 e. The maximum Gasteiger partial charge on any atom is 0.333 e. The number of anilines is 2. The SMILES string of the molecule is CC(C)(C)P(CN1[Si]N(CP(C(C)(C)C)C(C)(C)C)c2ccccc21)C(C)(C)C. The average Bonchev–Trinajstić information content (AvgIpc) is 2.84. The summed E-state index contributed by atoms with van der Waals surface area (Å²) in [5.74, 6) is 0. The van der Waals surface area contributed by atoms with Gasteiger partial charge in [-0.05, 0) is 32.8 Å². The lowest BCUT2D eigenvalue weighted by Gasteiger charge is -2.44. The van der Waals surface area contributed by atoms with Crippen molar-refractivity contribution in [1.82, 2.24) is 0 Å². The van der Waals surface area contributed by atoms with E-state index in [4.69, 9.17) is 0 Å². The smallest absolute Gasteiger partial charge is 0.333 e. The van der Waals surface area contributed by atoms with Crippen molar-refractivity contribution in [2.24, 2.45) is 0 Å². The number of nitrogens with zero attached hydrogens (tertiary/aromatic N) is 2. The standard InChI is InChI=1S/C24H44N2P2Si/c1-21(2,3)27(22(4,5)6)17-25-19-15-13-14-16-20(19)26(29-25)18-28(23(7,8)9)24(10,11)12/h13-16H,17-18H2,1-12H3. The Morgan fingerprint density at radius 1 is 0.586 bits per heavy atom. The highest BCUT2D eigenvalue weighted by atomic mass is 31.1. The number of fused-ring (bicyclic) bond motifs is 1. The van der Waals surface area contributed by atoms with Crippen LogP contribution in [0, 0.1) is 0 Å². The van der Waals surface area contributed by atoms with E-state index < -0.39 is 0 Å². The zero-order valence-corrected chi connectivity index (χ0v) is 23.8. The summed E-state index contributed by atoms with van der Waals surface area (Å²) in [4.78, 5) is 0. The van der Waals surface area contributed by atoms with Crippen LogP contribution in [0.3, 0.4) is 0 Å². The zero-order valence-electron chi connectivity index (χ0n) is 21.0. The second kappa shape index (κ2) is 8.44. The number of hydrogen-bond acceptors (Lipinski definition) is 2. The molecule has 0 spiro atoms. The molecule has 2 radical (unpaired) electrons. The molecule has 0 aromatic heterocycles. The fourth-order valence-corrected chi connectivity index (χ4v) is 13.4. The second-order valence-electron chi connectivity index (χ2n) is 12.3. The summed E-state index contributed by atoms with van der Waals surface area (Å²) in [6.07, 6.45) is 2.38. The maximum absolute atomic E-state index is 2.70. The molecule has 1 aromatic rings. The molecule has 0 fully saturated rings. The van der Waals surface area contributed by atoms with Crippen molar-refractivity contribution >= 4 is 37.1 Å². The van der Waals surface area contributed by atoms with Gasteiger partial charge in [0.05, 0.1) is 11.4 Å². The third-order valence-electron chi connectivity index (χ3n) is 5.51. The van der Waals surface area contributed by atoms with Gasteiger partial charge in [0, 0.05) is 12.6 Å². The monoisotopic (exact) mass is 450 g/mol. The van der Waals surface area contributed by atoms with Crippen molar-refractivity contribution in [1.29, 1.82) is 0 Å². The maximum atomic E-state index is 2.70. The summed E-state index contributed by atoms with van der Waals surface area (Å²) in [6.45, 7) is 29.2. The van der Waals surface area contributed by atoms with Crippen LogP contribution in [0.5, 0.6) is 0 Å². The summed E-state index contributed by atoms with van der Waals surface area (Å²) in [5, 5.41) is 1.40. The number of hydrogen-bond donors (Lipinski definition) is 0. The molecule has 1 aromatic carbocycles. The van der Waals surface area contributed by atoms with Crippen molar-refractivity contribution in [3.63, 3.8) is 0 Å². The van der Waals surface area contributed by atoms with Crippen LogP contribution in [0.1, 0.15) is 83.1 Å². The van der Waals surface area contributed by atoms with Gasteiger partial charge in [0.25, 0.3) is 0 Å². The molecule has 1 aliphatic rings. The Morgan fingerprint density at radius 3 is 1.10 bits per heavy atom. The van der Waals surface area contributed by atoms with E-state index in [1.54, 1.807) is 0 Å². The summed E-state index contributed by atoms with van der Waals surface area (Å²) < 4.78 is 5.41. The van der Waals surface area contributed by atoms with Crippen LogP contribution in [0.4, 0.5) is 11.4 Å². The Morgan fingerprint density at radius 2 is 0.862 bits per heavy atom. The van der Waals surface area contributed by atoms with Crippen molar-refractivity contribution in [2.75, 3.05) is 21.7 Å². The first-order valence-corrected chi connectivity index (χ1v) is 14.8. The Bertz CT molecular complexity index is 606. The molecule has 5 heteroatoms. The summed E-state index contributed by atoms with van der Waals surface area (Å²) in [6, 6.07) is 9.12. The highest BCUT2D eigenvalue weighted by Gasteiger charge is 2.41. The van der Waals surface area contributed by atoms with Crippen LogP contribution in [0.25, 0.3) is 0 Å². The van der Waals surface area contributed by atoms with Gasteiger partial charge in [0.1, 0.15) is 0 Å². The van der Waals surface area contributed by atoms with Crippen LogP contribution in [0.2, 0.25) is 0 Å². The van der Waals surface area contributed by atoms with Crippen LogP contribution < -0.4 is 9.13 Å². The zero-order chi connectivity index (χ0) is 22.4. The van der Waals surface area contributed by atoms with Gasteiger partial charge in [0.2, 0.25) is 0 Å². The Labute approximate surface area is 186 Å². The first-order chi connectivity index (χ1) is 12.9.